The summed E-state index contributed by atoms with van der Waals surface area (Å²) in [6.45, 7) is 3.06. The summed E-state index contributed by atoms with van der Waals surface area (Å²) in [5.74, 6) is -0.0870. The van der Waals surface area contributed by atoms with Crippen LogP contribution in [0.25, 0.3) is 0 Å². The molecule has 2 aliphatic rings. The molecule has 0 bridgehead atoms. The Balaban J connectivity index is 1.29. The van der Waals surface area contributed by atoms with E-state index >= 15 is 0 Å². The Kier molecular flexibility index (Phi) is 6.50. The number of likely N-dealkylation sites (tertiary alicyclic amines) is 1. The number of nitrogens with one attached hydrogen (secondary N) is 1. The zero-order valence-electron chi connectivity index (χ0n) is 16.8. The lowest BCUT2D eigenvalue weighted by atomic mass is 10.0. The molecule has 6 nitrogen and oxygen atoms in total. The summed E-state index contributed by atoms with van der Waals surface area (Å²) in [4.78, 5) is 40.0. The van der Waals surface area contributed by atoms with Crippen LogP contribution in [-0.2, 0) is 17.9 Å². The standard InChI is InChI=1S/C23H25N3O3S/c27-21-16-30-23(29)26(21)15-18-7-4-8-19(13-18)22(28)24-20-9-11-25(12-10-20)14-17-5-2-1-3-6-17/h1-8,13,20H,9-12,14-16H2,(H,24,28). The third-order valence-electron chi connectivity index (χ3n) is 5.54. The third-order valence-corrected chi connectivity index (χ3v) is 6.40. The van der Waals surface area contributed by atoms with Crippen LogP contribution < -0.4 is 5.32 Å². The lowest BCUT2D eigenvalue weighted by molar-refractivity contribution is -0.125. The fraction of sp³-hybridized carbons (Fsp3) is 0.348. The van der Waals surface area contributed by atoms with Crippen LogP contribution in [0.4, 0.5) is 4.79 Å². The van der Waals surface area contributed by atoms with E-state index in [1.165, 1.54) is 10.5 Å². The van der Waals surface area contributed by atoms with Crippen molar-refractivity contribution < 1.29 is 14.4 Å². The van der Waals surface area contributed by atoms with E-state index < -0.39 is 0 Å². The number of piperidine rings is 1. The van der Waals surface area contributed by atoms with E-state index in [0.717, 1.165) is 49.8 Å². The van der Waals surface area contributed by atoms with Gasteiger partial charge < -0.3 is 5.32 Å². The van der Waals surface area contributed by atoms with Crippen molar-refractivity contribution in [2.45, 2.75) is 32.0 Å². The van der Waals surface area contributed by atoms with Crippen molar-refractivity contribution in [3.05, 3.63) is 71.3 Å². The highest BCUT2D eigenvalue weighted by Gasteiger charge is 2.30. The van der Waals surface area contributed by atoms with E-state index in [1.807, 2.05) is 12.1 Å². The van der Waals surface area contributed by atoms with Crippen LogP contribution in [0.5, 0.6) is 0 Å². The molecular weight excluding hydrogens is 398 g/mol. The summed E-state index contributed by atoms with van der Waals surface area (Å²) < 4.78 is 0. The first kappa shape index (κ1) is 20.6. The molecule has 0 aliphatic carbocycles. The third kappa shape index (κ3) is 5.09. The molecule has 3 amide bonds. The van der Waals surface area contributed by atoms with Gasteiger partial charge in [0.25, 0.3) is 11.1 Å². The van der Waals surface area contributed by atoms with Gasteiger partial charge in [-0.05, 0) is 36.1 Å². The van der Waals surface area contributed by atoms with E-state index in [2.05, 4.69) is 34.5 Å². The minimum atomic E-state index is -0.225. The smallest absolute Gasteiger partial charge is 0.289 e. The van der Waals surface area contributed by atoms with Gasteiger partial charge in [-0.25, -0.2) is 0 Å². The van der Waals surface area contributed by atoms with Crippen molar-refractivity contribution in [3.63, 3.8) is 0 Å². The molecule has 2 saturated heterocycles. The second-order valence-electron chi connectivity index (χ2n) is 7.74. The van der Waals surface area contributed by atoms with Crippen LogP contribution in [0.2, 0.25) is 0 Å². The lowest BCUT2D eigenvalue weighted by Crippen LogP contribution is -2.44. The Morgan fingerprint density at radius 3 is 2.40 bits per heavy atom. The molecule has 0 aromatic heterocycles. The van der Waals surface area contributed by atoms with E-state index in [1.54, 1.807) is 18.2 Å². The summed E-state index contributed by atoms with van der Waals surface area (Å²) in [7, 11) is 0. The van der Waals surface area contributed by atoms with Gasteiger partial charge in [0.1, 0.15) is 0 Å². The largest absolute Gasteiger partial charge is 0.349 e. The van der Waals surface area contributed by atoms with Crippen molar-refractivity contribution in [2.75, 3.05) is 18.8 Å². The van der Waals surface area contributed by atoms with Crippen LogP contribution in [0.3, 0.4) is 0 Å². The molecule has 156 valence electrons. The maximum Gasteiger partial charge on any atom is 0.289 e. The van der Waals surface area contributed by atoms with Crippen LogP contribution in [0.1, 0.15) is 34.3 Å². The summed E-state index contributed by atoms with van der Waals surface area (Å²) in [6, 6.07) is 17.8. The van der Waals surface area contributed by atoms with Crippen molar-refractivity contribution in [3.8, 4) is 0 Å². The van der Waals surface area contributed by atoms with Gasteiger partial charge in [0.05, 0.1) is 12.3 Å². The van der Waals surface area contributed by atoms with Crippen molar-refractivity contribution in [1.82, 2.24) is 15.1 Å². The number of hydrogen-bond donors (Lipinski definition) is 1. The molecule has 2 aromatic carbocycles. The zero-order chi connectivity index (χ0) is 20.9. The molecule has 0 unspecified atom stereocenters. The molecule has 2 aliphatic heterocycles. The second kappa shape index (κ2) is 9.45. The van der Waals surface area contributed by atoms with Gasteiger partial charge in [0.15, 0.2) is 0 Å². The number of carbonyl (C=O) groups excluding carboxylic acids is 3. The van der Waals surface area contributed by atoms with Crippen molar-refractivity contribution in [1.29, 1.82) is 0 Å². The number of nitrogens with zero attached hydrogens (tertiary/aromatic N) is 2. The van der Waals surface area contributed by atoms with Crippen molar-refractivity contribution in [2.24, 2.45) is 0 Å². The predicted octanol–water partition coefficient (Wildman–Crippen LogP) is 3.28. The first-order chi connectivity index (χ1) is 14.6. The van der Waals surface area contributed by atoms with Crippen LogP contribution in [0.15, 0.2) is 54.6 Å². The monoisotopic (exact) mass is 423 g/mol. The number of hydrogen-bond acceptors (Lipinski definition) is 5. The van der Waals surface area contributed by atoms with E-state index in [-0.39, 0.29) is 35.4 Å². The summed E-state index contributed by atoms with van der Waals surface area (Å²) in [5, 5.41) is 2.92. The highest BCUT2D eigenvalue weighted by molar-refractivity contribution is 8.14. The molecular formula is C23H25N3O3S. The maximum atomic E-state index is 12.7. The Hall–Kier alpha value is -2.64. The van der Waals surface area contributed by atoms with Gasteiger partial charge >= 0.3 is 0 Å². The van der Waals surface area contributed by atoms with Crippen LogP contribution in [0, 0.1) is 0 Å². The zero-order valence-corrected chi connectivity index (χ0v) is 17.6. The van der Waals surface area contributed by atoms with E-state index in [4.69, 9.17) is 0 Å². The molecule has 30 heavy (non-hydrogen) atoms. The SMILES string of the molecule is O=C(NC1CCN(Cc2ccccc2)CC1)c1cccc(CN2C(=O)CSC2=O)c1. The van der Waals surface area contributed by atoms with Gasteiger partial charge in [0, 0.05) is 31.2 Å². The fourth-order valence-electron chi connectivity index (χ4n) is 3.87. The van der Waals surface area contributed by atoms with E-state index in [0.29, 0.717) is 5.56 Å². The second-order valence-corrected chi connectivity index (χ2v) is 8.67. The van der Waals surface area contributed by atoms with Crippen LogP contribution >= 0.6 is 11.8 Å². The molecule has 2 fully saturated rings. The molecule has 0 radical (unpaired) electrons. The first-order valence-electron chi connectivity index (χ1n) is 10.2. The Bertz CT molecular complexity index is 910. The molecule has 2 aromatic rings. The maximum absolute atomic E-state index is 12.7. The van der Waals surface area contributed by atoms with E-state index in [9.17, 15) is 14.4 Å². The topological polar surface area (TPSA) is 69.7 Å². The summed E-state index contributed by atoms with van der Waals surface area (Å²) in [6.07, 6.45) is 1.85. The summed E-state index contributed by atoms with van der Waals surface area (Å²) >= 11 is 1.02. The van der Waals surface area contributed by atoms with Crippen LogP contribution in [-0.4, -0.2) is 51.7 Å². The van der Waals surface area contributed by atoms with Gasteiger partial charge in [-0.1, -0.05) is 54.2 Å². The number of carbonyl (C=O) groups is 3. The van der Waals surface area contributed by atoms with Gasteiger partial charge in [-0.2, -0.15) is 0 Å². The highest BCUT2D eigenvalue weighted by Crippen LogP contribution is 2.22. The van der Waals surface area contributed by atoms with Gasteiger partial charge in [0.2, 0.25) is 5.91 Å². The average Bonchev–Trinajstić information content (AvgIpc) is 3.08. The number of benzene rings is 2. The fourth-order valence-corrected chi connectivity index (χ4v) is 4.60. The molecule has 2 heterocycles. The minimum Gasteiger partial charge on any atom is -0.349 e. The minimum absolute atomic E-state index is 0.105. The van der Waals surface area contributed by atoms with Gasteiger partial charge in [-0.3, -0.25) is 24.2 Å². The average molecular weight is 424 g/mol. The Labute approximate surface area is 180 Å². The Morgan fingerprint density at radius 1 is 0.967 bits per heavy atom. The molecule has 0 atom stereocenters. The number of imide groups is 1. The molecule has 1 N–H and O–H groups in total. The number of rotatable bonds is 6. The normalized spacial score (nSPS) is 18.1. The quantitative estimate of drug-likeness (QED) is 0.772. The Morgan fingerprint density at radius 2 is 1.70 bits per heavy atom. The number of thioether (sulfide) groups is 1. The predicted molar refractivity (Wildman–Crippen MR) is 117 cm³/mol. The highest BCUT2D eigenvalue weighted by atomic mass is 32.2. The lowest BCUT2D eigenvalue weighted by Gasteiger charge is -2.32. The summed E-state index contributed by atoms with van der Waals surface area (Å²) in [5.41, 5.74) is 2.65. The molecule has 4 rings (SSSR count). The van der Waals surface area contributed by atoms with Gasteiger partial charge in [-0.15, -0.1) is 0 Å². The molecule has 7 heteroatoms. The molecule has 0 saturated carbocycles. The first-order valence-corrected chi connectivity index (χ1v) is 11.2. The number of amides is 3. The van der Waals surface area contributed by atoms with Crippen molar-refractivity contribution >= 4 is 28.8 Å². The molecule has 0 spiro atoms.